The van der Waals surface area contributed by atoms with Crippen molar-refractivity contribution in [3.63, 3.8) is 0 Å². The van der Waals surface area contributed by atoms with Gasteiger partial charge >= 0.3 is 0 Å². The van der Waals surface area contributed by atoms with Crippen LogP contribution >= 0.6 is 0 Å². The van der Waals surface area contributed by atoms with E-state index in [2.05, 4.69) is 38.3 Å². The average Bonchev–Trinajstić information content (AvgIpc) is 2.26. The van der Waals surface area contributed by atoms with Crippen molar-refractivity contribution in [2.75, 3.05) is 19.7 Å². The fourth-order valence-electron chi connectivity index (χ4n) is 2.47. The highest BCUT2D eigenvalue weighted by atomic mass is 16.3. The zero-order valence-electron chi connectivity index (χ0n) is 12.0. The highest BCUT2D eigenvalue weighted by molar-refractivity contribution is 4.92. The number of hydrogen-bond donors (Lipinski definition) is 3. The van der Waals surface area contributed by atoms with Gasteiger partial charge in [0.1, 0.15) is 0 Å². The van der Waals surface area contributed by atoms with Gasteiger partial charge in [0, 0.05) is 24.2 Å². The summed E-state index contributed by atoms with van der Waals surface area (Å²) in [6.07, 6.45) is 4.70. The fraction of sp³-hybridized carbons (Fsp3) is 1.00. The highest BCUT2D eigenvalue weighted by Gasteiger charge is 2.32. The lowest BCUT2D eigenvalue weighted by Crippen LogP contribution is -2.53. The van der Waals surface area contributed by atoms with Crippen LogP contribution in [0.3, 0.4) is 0 Å². The summed E-state index contributed by atoms with van der Waals surface area (Å²) >= 11 is 0. The third-order valence-electron chi connectivity index (χ3n) is 3.81. The smallest absolute Gasteiger partial charge is 0.0613 e. The van der Waals surface area contributed by atoms with Gasteiger partial charge in [0.15, 0.2) is 0 Å². The van der Waals surface area contributed by atoms with E-state index in [1.54, 1.807) is 0 Å². The van der Waals surface area contributed by atoms with Crippen molar-refractivity contribution in [2.24, 2.45) is 5.92 Å². The zero-order chi connectivity index (χ0) is 12.9. The Morgan fingerprint density at radius 2 is 1.76 bits per heavy atom. The number of aliphatic hydroxyl groups excluding tert-OH is 1. The molecular weight excluding hydrogens is 212 g/mol. The Morgan fingerprint density at radius 3 is 2.24 bits per heavy atom. The second-order valence-electron chi connectivity index (χ2n) is 6.72. The van der Waals surface area contributed by atoms with E-state index in [1.807, 2.05) is 0 Å². The van der Waals surface area contributed by atoms with Crippen molar-refractivity contribution < 1.29 is 5.11 Å². The van der Waals surface area contributed by atoms with Gasteiger partial charge in [0.25, 0.3) is 0 Å². The minimum Gasteiger partial charge on any atom is -0.394 e. The van der Waals surface area contributed by atoms with Crippen LogP contribution in [0.2, 0.25) is 0 Å². The predicted molar refractivity (Wildman–Crippen MR) is 73.2 cm³/mol. The molecule has 0 aromatic carbocycles. The molecule has 1 aliphatic rings. The van der Waals surface area contributed by atoms with Crippen molar-refractivity contribution in [2.45, 2.75) is 64.5 Å². The molecule has 0 spiro atoms. The van der Waals surface area contributed by atoms with E-state index >= 15 is 0 Å². The summed E-state index contributed by atoms with van der Waals surface area (Å²) in [5.74, 6) is 0.823. The molecule has 1 fully saturated rings. The molecular formula is C14H30N2O. The van der Waals surface area contributed by atoms with Crippen molar-refractivity contribution in [3.05, 3.63) is 0 Å². The molecule has 3 heteroatoms. The van der Waals surface area contributed by atoms with E-state index in [0.29, 0.717) is 0 Å². The molecule has 1 rings (SSSR count). The minimum atomic E-state index is -0.00786. The van der Waals surface area contributed by atoms with Gasteiger partial charge in [-0.15, -0.1) is 0 Å². The van der Waals surface area contributed by atoms with Gasteiger partial charge in [-0.3, -0.25) is 0 Å². The normalized spacial score (nSPS) is 30.5. The van der Waals surface area contributed by atoms with Crippen LogP contribution in [-0.4, -0.2) is 35.9 Å². The van der Waals surface area contributed by atoms with Gasteiger partial charge in [-0.05, 0) is 52.4 Å². The molecule has 0 saturated heterocycles. The molecule has 3 N–H and O–H groups in total. The summed E-state index contributed by atoms with van der Waals surface area (Å²) in [6, 6.07) is 0. The first-order chi connectivity index (χ1) is 7.87. The Hall–Kier alpha value is -0.120. The minimum absolute atomic E-state index is 0.00786. The summed E-state index contributed by atoms with van der Waals surface area (Å²) in [5.41, 5.74) is 0.168. The van der Waals surface area contributed by atoms with Crippen LogP contribution in [0.25, 0.3) is 0 Å². The van der Waals surface area contributed by atoms with Gasteiger partial charge < -0.3 is 15.7 Å². The second kappa shape index (κ2) is 6.17. The van der Waals surface area contributed by atoms with E-state index < -0.39 is 0 Å². The Morgan fingerprint density at radius 1 is 1.18 bits per heavy atom. The lowest BCUT2D eigenvalue weighted by atomic mass is 9.77. The second-order valence-corrected chi connectivity index (χ2v) is 6.72. The molecule has 0 bridgehead atoms. The van der Waals surface area contributed by atoms with Crippen LogP contribution in [-0.2, 0) is 0 Å². The molecule has 0 radical (unpaired) electrons. The molecule has 0 aliphatic heterocycles. The average molecular weight is 242 g/mol. The molecule has 0 amide bonds. The first-order valence-electron chi connectivity index (χ1n) is 6.98. The molecule has 0 aromatic rings. The molecule has 0 atom stereocenters. The lowest BCUT2D eigenvalue weighted by Gasteiger charge is -2.39. The van der Waals surface area contributed by atoms with Crippen LogP contribution < -0.4 is 10.6 Å². The van der Waals surface area contributed by atoms with E-state index in [9.17, 15) is 5.11 Å². The van der Waals surface area contributed by atoms with Crippen LogP contribution in [0.1, 0.15) is 53.4 Å². The first kappa shape index (κ1) is 14.9. The van der Waals surface area contributed by atoms with Crippen LogP contribution in [0.4, 0.5) is 0 Å². The fourth-order valence-corrected chi connectivity index (χ4v) is 2.47. The molecule has 1 saturated carbocycles. The van der Waals surface area contributed by atoms with Crippen molar-refractivity contribution in [1.82, 2.24) is 10.6 Å². The Kier molecular flexibility index (Phi) is 5.42. The predicted octanol–water partition coefficient (Wildman–Crippen LogP) is 1.91. The number of aliphatic hydroxyl groups is 1. The largest absolute Gasteiger partial charge is 0.394 e. The van der Waals surface area contributed by atoms with Gasteiger partial charge in [-0.1, -0.05) is 6.92 Å². The first-order valence-corrected chi connectivity index (χ1v) is 6.98. The quantitative estimate of drug-likeness (QED) is 0.645. The van der Waals surface area contributed by atoms with Crippen molar-refractivity contribution >= 4 is 0 Å². The van der Waals surface area contributed by atoms with Crippen LogP contribution in [0.15, 0.2) is 0 Å². The van der Waals surface area contributed by atoms with E-state index in [4.69, 9.17) is 0 Å². The van der Waals surface area contributed by atoms with Gasteiger partial charge in [0.2, 0.25) is 0 Å². The summed E-state index contributed by atoms with van der Waals surface area (Å²) < 4.78 is 0. The maximum Gasteiger partial charge on any atom is 0.0613 e. The third-order valence-corrected chi connectivity index (χ3v) is 3.81. The van der Waals surface area contributed by atoms with Gasteiger partial charge in [-0.25, -0.2) is 0 Å². The zero-order valence-corrected chi connectivity index (χ0v) is 12.0. The van der Waals surface area contributed by atoms with E-state index in [1.165, 1.54) is 12.8 Å². The van der Waals surface area contributed by atoms with Crippen molar-refractivity contribution in [1.29, 1.82) is 0 Å². The van der Waals surface area contributed by atoms with Gasteiger partial charge in [0.05, 0.1) is 6.61 Å². The Bertz CT molecular complexity index is 215. The van der Waals surface area contributed by atoms with Crippen LogP contribution in [0.5, 0.6) is 0 Å². The molecule has 0 aromatic heterocycles. The number of rotatable bonds is 5. The summed E-state index contributed by atoms with van der Waals surface area (Å²) in [4.78, 5) is 0. The summed E-state index contributed by atoms with van der Waals surface area (Å²) in [6.45, 7) is 11.0. The monoisotopic (exact) mass is 242 g/mol. The molecule has 102 valence electrons. The molecule has 3 nitrogen and oxygen atoms in total. The third kappa shape index (κ3) is 5.36. The maximum absolute atomic E-state index is 9.60. The van der Waals surface area contributed by atoms with Crippen molar-refractivity contribution in [3.8, 4) is 0 Å². The maximum atomic E-state index is 9.60. The molecule has 1 aliphatic carbocycles. The topological polar surface area (TPSA) is 44.3 Å². The number of nitrogens with one attached hydrogen (secondary N) is 2. The summed E-state index contributed by atoms with van der Waals surface area (Å²) in [7, 11) is 0. The Labute approximate surface area is 106 Å². The SMILES string of the molecule is CC1CCC(CO)(NCCNC(C)(C)C)CC1. The standard InChI is InChI=1S/C14H30N2O/c1-12-5-7-14(11-17,8-6-12)16-10-9-15-13(2,3)4/h12,15-17H,5-11H2,1-4H3. The van der Waals surface area contributed by atoms with Gasteiger partial charge in [-0.2, -0.15) is 0 Å². The highest BCUT2D eigenvalue weighted by Crippen LogP contribution is 2.31. The van der Waals surface area contributed by atoms with E-state index in [0.717, 1.165) is 31.8 Å². The Balaban J connectivity index is 2.27. The molecule has 17 heavy (non-hydrogen) atoms. The molecule has 0 unspecified atom stereocenters. The van der Waals surface area contributed by atoms with E-state index in [-0.39, 0.29) is 17.7 Å². The number of hydrogen-bond acceptors (Lipinski definition) is 3. The van der Waals surface area contributed by atoms with Crippen LogP contribution in [0, 0.1) is 5.92 Å². The summed E-state index contributed by atoms with van der Waals surface area (Å²) in [5, 5.41) is 16.6. The molecule has 0 heterocycles. The lowest BCUT2D eigenvalue weighted by molar-refractivity contribution is 0.106.